The van der Waals surface area contributed by atoms with Gasteiger partial charge in [-0.25, -0.2) is 0 Å². The molecule has 1 aliphatic rings. The van der Waals surface area contributed by atoms with Gasteiger partial charge in [0.05, 0.1) is 13.2 Å². The van der Waals surface area contributed by atoms with Crippen molar-refractivity contribution in [2.75, 3.05) is 13.7 Å². The highest BCUT2D eigenvalue weighted by molar-refractivity contribution is 5.94. The van der Waals surface area contributed by atoms with E-state index in [9.17, 15) is 4.79 Å². The van der Waals surface area contributed by atoms with Crippen LogP contribution in [0.25, 0.3) is 0 Å². The van der Waals surface area contributed by atoms with E-state index in [-0.39, 0.29) is 11.9 Å². The van der Waals surface area contributed by atoms with Crippen molar-refractivity contribution in [1.82, 2.24) is 5.32 Å². The predicted molar refractivity (Wildman–Crippen MR) is 98.5 cm³/mol. The Balaban J connectivity index is 1.57. The summed E-state index contributed by atoms with van der Waals surface area (Å²) in [7, 11) is 1.61. The van der Waals surface area contributed by atoms with Crippen molar-refractivity contribution in [3.8, 4) is 11.5 Å². The van der Waals surface area contributed by atoms with Crippen molar-refractivity contribution in [2.45, 2.75) is 38.6 Å². The van der Waals surface area contributed by atoms with Crippen LogP contribution in [-0.4, -0.2) is 25.7 Å². The molecule has 0 spiro atoms. The van der Waals surface area contributed by atoms with Gasteiger partial charge >= 0.3 is 0 Å². The van der Waals surface area contributed by atoms with Gasteiger partial charge in [0, 0.05) is 5.56 Å². The minimum absolute atomic E-state index is 0.0514. The molecule has 1 aliphatic carbocycles. The Morgan fingerprint density at radius 2 is 1.80 bits per heavy atom. The van der Waals surface area contributed by atoms with E-state index in [0.717, 1.165) is 18.4 Å². The van der Waals surface area contributed by atoms with Gasteiger partial charge in [0.25, 0.3) is 5.91 Å². The zero-order valence-corrected chi connectivity index (χ0v) is 14.9. The number of methoxy groups -OCH3 is 1. The molecular formula is C21H25NO3. The van der Waals surface area contributed by atoms with Crippen molar-refractivity contribution < 1.29 is 14.3 Å². The summed E-state index contributed by atoms with van der Waals surface area (Å²) in [6, 6.07) is 13.5. The third kappa shape index (κ3) is 4.32. The lowest BCUT2D eigenvalue weighted by atomic mass is 9.90. The smallest absolute Gasteiger partial charge is 0.251 e. The van der Waals surface area contributed by atoms with Crippen LogP contribution < -0.4 is 14.8 Å². The Bertz CT molecular complexity index is 742. The van der Waals surface area contributed by atoms with Gasteiger partial charge < -0.3 is 14.8 Å². The fourth-order valence-electron chi connectivity index (χ4n) is 3.18. The number of carbonyl (C=O) groups is 1. The lowest BCUT2D eigenvalue weighted by molar-refractivity contribution is 0.0926. The molecule has 2 aromatic rings. The van der Waals surface area contributed by atoms with Crippen LogP contribution in [0.5, 0.6) is 11.5 Å². The van der Waals surface area contributed by atoms with Crippen molar-refractivity contribution in [2.24, 2.45) is 0 Å². The zero-order valence-electron chi connectivity index (χ0n) is 14.9. The number of nitrogens with one attached hydrogen (secondary N) is 1. The van der Waals surface area contributed by atoms with Gasteiger partial charge in [-0.3, -0.25) is 4.79 Å². The third-order valence-electron chi connectivity index (χ3n) is 4.55. The van der Waals surface area contributed by atoms with Gasteiger partial charge in [-0.05, 0) is 68.0 Å². The first kappa shape index (κ1) is 17.3. The highest BCUT2D eigenvalue weighted by atomic mass is 16.5. The van der Waals surface area contributed by atoms with E-state index < -0.39 is 0 Å². The molecule has 0 fully saturated rings. The molecule has 3 rings (SSSR count). The summed E-state index contributed by atoms with van der Waals surface area (Å²) in [5.41, 5.74) is 3.43. The van der Waals surface area contributed by atoms with Gasteiger partial charge in [-0.15, -0.1) is 0 Å². The number of ether oxygens (including phenoxy) is 2. The predicted octanol–water partition coefficient (Wildman–Crippen LogP) is 3.77. The maximum absolute atomic E-state index is 12.5. The molecule has 0 aliphatic heterocycles. The Morgan fingerprint density at radius 3 is 2.56 bits per heavy atom. The topological polar surface area (TPSA) is 47.6 Å². The van der Waals surface area contributed by atoms with E-state index in [0.29, 0.717) is 18.1 Å². The van der Waals surface area contributed by atoms with Crippen LogP contribution in [0.4, 0.5) is 0 Å². The number of rotatable bonds is 6. The normalized spacial score (nSPS) is 14.3. The number of aryl methyl sites for hydroxylation is 2. The number of carbonyl (C=O) groups excluding carboxylic acids is 1. The molecule has 2 aromatic carbocycles. The van der Waals surface area contributed by atoms with E-state index in [1.54, 1.807) is 7.11 Å². The van der Waals surface area contributed by atoms with Gasteiger partial charge in [0.1, 0.15) is 6.61 Å². The van der Waals surface area contributed by atoms with E-state index in [2.05, 4.69) is 11.4 Å². The number of hydrogen-bond donors (Lipinski definition) is 1. The Kier molecular flexibility index (Phi) is 5.59. The minimum Gasteiger partial charge on any atom is -0.493 e. The largest absolute Gasteiger partial charge is 0.493 e. The second-order valence-electron chi connectivity index (χ2n) is 6.53. The van der Waals surface area contributed by atoms with Crippen molar-refractivity contribution >= 4 is 5.91 Å². The molecule has 4 nitrogen and oxygen atoms in total. The monoisotopic (exact) mass is 339 g/mol. The van der Waals surface area contributed by atoms with Crippen LogP contribution in [0.1, 0.15) is 41.3 Å². The summed E-state index contributed by atoms with van der Waals surface area (Å²) < 4.78 is 11.0. The number of amides is 1. The minimum atomic E-state index is -0.103. The molecular weight excluding hydrogens is 314 g/mol. The maximum atomic E-state index is 12.5. The van der Waals surface area contributed by atoms with Crippen LogP contribution in [0.15, 0.2) is 42.5 Å². The highest BCUT2D eigenvalue weighted by Gasteiger charge is 2.15. The van der Waals surface area contributed by atoms with Crippen LogP contribution in [0, 0.1) is 0 Å². The summed E-state index contributed by atoms with van der Waals surface area (Å²) in [6.07, 6.45) is 4.65. The van der Waals surface area contributed by atoms with E-state index in [1.807, 2.05) is 43.3 Å². The molecule has 0 heterocycles. The molecule has 0 radical (unpaired) electrons. The molecule has 1 amide bonds. The highest BCUT2D eigenvalue weighted by Crippen LogP contribution is 2.26. The fourth-order valence-corrected chi connectivity index (χ4v) is 3.18. The van der Waals surface area contributed by atoms with Gasteiger partial charge in [-0.2, -0.15) is 0 Å². The summed E-state index contributed by atoms with van der Waals surface area (Å²) in [5, 5.41) is 3.01. The molecule has 4 heteroatoms. The van der Waals surface area contributed by atoms with E-state index >= 15 is 0 Å². The average Bonchev–Trinajstić information content (AvgIpc) is 2.66. The molecule has 0 saturated carbocycles. The summed E-state index contributed by atoms with van der Waals surface area (Å²) in [5.74, 6) is 1.32. The quantitative estimate of drug-likeness (QED) is 0.871. The summed E-state index contributed by atoms with van der Waals surface area (Å²) in [4.78, 5) is 12.5. The Morgan fingerprint density at radius 1 is 1.08 bits per heavy atom. The maximum Gasteiger partial charge on any atom is 0.251 e. The van der Waals surface area contributed by atoms with Gasteiger partial charge in [0.15, 0.2) is 11.5 Å². The first-order valence-electron chi connectivity index (χ1n) is 8.86. The molecule has 1 atom stereocenters. The van der Waals surface area contributed by atoms with E-state index in [1.165, 1.54) is 24.0 Å². The Labute approximate surface area is 149 Å². The summed E-state index contributed by atoms with van der Waals surface area (Å²) >= 11 is 0. The number of fused-ring (bicyclic) bond motifs is 1. The molecule has 132 valence electrons. The molecule has 25 heavy (non-hydrogen) atoms. The molecule has 0 aromatic heterocycles. The second-order valence-corrected chi connectivity index (χ2v) is 6.53. The molecule has 1 N–H and O–H groups in total. The van der Waals surface area contributed by atoms with Crippen molar-refractivity contribution in [1.29, 1.82) is 0 Å². The SMILES string of the molecule is COc1ccccc1OC[C@H](C)NC(=O)c1ccc2c(c1)CCCC2. The van der Waals surface area contributed by atoms with Gasteiger partial charge in [-0.1, -0.05) is 18.2 Å². The number of benzene rings is 2. The first-order valence-corrected chi connectivity index (χ1v) is 8.86. The van der Waals surface area contributed by atoms with Crippen molar-refractivity contribution in [3.05, 3.63) is 59.2 Å². The lowest BCUT2D eigenvalue weighted by Gasteiger charge is -2.18. The van der Waals surface area contributed by atoms with Gasteiger partial charge in [0.2, 0.25) is 0 Å². The summed E-state index contributed by atoms with van der Waals surface area (Å²) in [6.45, 7) is 2.32. The van der Waals surface area contributed by atoms with Crippen LogP contribution in [0.2, 0.25) is 0 Å². The molecule has 0 saturated heterocycles. The lowest BCUT2D eigenvalue weighted by Crippen LogP contribution is -2.36. The third-order valence-corrected chi connectivity index (χ3v) is 4.55. The molecule has 0 bridgehead atoms. The first-order chi connectivity index (χ1) is 12.2. The Hall–Kier alpha value is -2.49. The zero-order chi connectivity index (χ0) is 17.6. The van der Waals surface area contributed by atoms with Crippen molar-refractivity contribution in [3.63, 3.8) is 0 Å². The standard InChI is InChI=1S/C21H25NO3/c1-15(14-25-20-10-6-5-9-19(20)24-2)22-21(23)18-12-11-16-7-3-4-8-17(16)13-18/h5-6,9-13,15H,3-4,7-8,14H2,1-2H3,(H,22,23)/t15-/m0/s1. The van der Waals surface area contributed by atoms with Crippen LogP contribution in [0.3, 0.4) is 0 Å². The average molecular weight is 339 g/mol. The molecule has 0 unspecified atom stereocenters. The van der Waals surface area contributed by atoms with Crippen LogP contribution in [-0.2, 0) is 12.8 Å². The van der Waals surface area contributed by atoms with E-state index in [4.69, 9.17) is 9.47 Å². The van der Waals surface area contributed by atoms with Crippen LogP contribution >= 0.6 is 0 Å². The fraction of sp³-hybridized carbons (Fsp3) is 0.381. The number of hydrogen-bond acceptors (Lipinski definition) is 3. The number of para-hydroxylation sites is 2. The second kappa shape index (κ2) is 8.06.